The van der Waals surface area contributed by atoms with Crippen LogP contribution >= 0.6 is 0 Å². The Balaban J connectivity index is 1.55. The van der Waals surface area contributed by atoms with Crippen molar-refractivity contribution in [3.63, 3.8) is 0 Å². The van der Waals surface area contributed by atoms with Gasteiger partial charge in [-0.05, 0) is 50.1 Å². The molecule has 1 aliphatic heterocycles. The number of ether oxygens (including phenoxy) is 1. The van der Waals surface area contributed by atoms with E-state index in [4.69, 9.17) is 11.5 Å². The molecule has 0 bridgehead atoms. The number of amides is 4. The van der Waals surface area contributed by atoms with Crippen molar-refractivity contribution < 1.29 is 37.4 Å². The highest BCUT2D eigenvalue weighted by Crippen LogP contribution is 2.34. The van der Waals surface area contributed by atoms with Gasteiger partial charge in [0.1, 0.15) is 5.75 Å². The minimum absolute atomic E-state index is 0.0128. The number of likely N-dealkylation sites (tertiary alicyclic amines) is 1. The van der Waals surface area contributed by atoms with Gasteiger partial charge in [0.05, 0.1) is 25.2 Å². The summed E-state index contributed by atoms with van der Waals surface area (Å²) < 4.78 is 41.0. The molecule has 3 rings (SSSR count). The molecule has 7 N–H and O–H groups in total. The van der Waals surface area contributed by atoms with E-state index in [9.17, 15) is 32.7 Å². The van der Waals surface area contributed by atoms with Gasteiger partial charge in [-0.1, -0.05) is 6.07 Å². The monoisotopic (exact) mass is 567 g/mol. The molecular weight excluding hydrogens is 533 g/mol. The number of hydrogen-bond donors (Lipinski definition) is 5. The van der Waals surface area contributed by atoms with Crippen LogP contribution in [0.25, 0.3) is 0 Å². The molecule has 0 aromatic heterocycles. The molecule has 2 aromatic rings. The number of rotatable bonds is 10. The van der Waals surface area contributed by atoms with E-state index in [1.165, 1.54) is 0 Å². The molecule has 1 aliphatic rings. The third-order valence-corrected chi connectivity index (χ3v) is 6.96. The minimum Gasteiger partial charge on any atom is -0.503 e. The van der Waals surface area contributed by atoms with Gasteiger partial charge in [-0.15, -0.1) is 13.2 Å². The van der Waals surface area contributed by atoms with E-state index in [1.807, 2.05) is 13.8 Å². The van der Waals surface area contributed by atoms with Gasteiger partial charge in [-0.25, -0.2) is 9.28 Å². The first-order valence-corrected chi connectivity index (χ1v) is 12.7. The zero-order valence-electron chi connectivity index (χ0n) is 22.3. The van der Waals surface area contributed by atoms with Gasteiger partial charge >= 0.3 is 12.4 Å². The van der Waals surface area contributed by atoms with Crippen molar-refractivity contribution in [2.45, 2.75) is 39.2 Å². The number of nitrogens with zero attached hydrogens (tertiary/aromatic N) is 2. The number of benzene rings is 2. The molecule has 2 aromatic carbocycles. The van der Waals surface area contributed by atoms with Crippen molar-refractivity contribution >= 4 is 29.2 Å². The number of carbonyl (C=O) groups excluding carboxylic acids is 3. The SMILES string of the molecule is CC[N+](CC)(C(N)=O)c1cc(CN2CC[C@@H](NC(=O)CNC(=O)c3cc(OC(F)(F)F)ccc3N)C2)ccc1O. The van der Waals surface area contributed by atoms with E-state index < -0.39 is 36.5 Å². The van der Waals surface area contributed by atoms with Gasteiger partial charge in [0.15, 0.2) is 11.4 Å². The van der Waals surface area contributed by atoms with Crippen molar-refractivity contribution in [2.24, 2.45) is 5.73 Å². The fourth-order valence-corrected chi connectivity index (χ4v) is 4.82. The van der Waals surface area contributed by atoms with Gasteiger partial charge in [-0.3, -0.25) is 14.5 Å². The van der Waals surface area contributed by atoms with Crippen LogP contribution in [0.1, 0.15) is 36.2 Å². The number of phenolic OH excluding ortho intramolecular Hbond substituents is 1. The number of carbonyl (C=O) groups is 3. The topological polar surface area (TPSA) is 160 Å². The average Bonchev–Trinajstić information content (AvgIpc) is 3.32. The van der Waals surface area contributed by atoms with Crippen LogP contribution < -0.4 is 31.3 Å². The molecule has 0 radical (unpaired) electrons. The number of aromatic hydroxyl groups is 1. The van der Waals surface area contributed by atoms with Gasteiger partial charge in [0.2, 0.25) is 5.91 Å². The van der Waals surface area contributed by atoms with E-state index in [2.05, 4.69) is 20.3 Å². The molecule has 11 nitrogen and oxygen atoms in total. The van der Waals surface area contributed by atoms with Gasteiger partial charge in [-0.2, -0.15) is 0 Å². The smallest absolute Gasteiger partial charge is 0.503 e. The first-order valence-electron chi connectivity index (χ1n) is 12.7. The number of nitrogen functional groups attached to an aromatic ring is 1. The Morgan fingerprint density at radius 2 is 1.85 bits per heavy atom. The molecule has 0 aliphatic carbocycles. The summed E-state index contributed by atoms with van der Waals surface area (Å²) in [5.74, 6) is -1.91. The van der Waals surface area contributed by atoms with Crippen molar-refractivity contribution in [1.82, 2.24) is 20.0 Å². The number of anilines is 1. The van der Waals surface area contributed by atoms with Crippen LogP contribution in [0.4, 0.5) is 29.3 Å². The molecule has 1 heterocycles. The third-order valence-electron chi connectivity index (χ3n) is 6.96. The highest BCUT2D eigenvalue weighted by molar-refractivity contribution is 6.01. The summed E-state index contributed by atoms with van der Waals surface area (Å²) in [6, 6.07) is 7.28. The van der Waals surface area contributed by atoms with E-state index in [-0.39, 0.29) is 27.5 Å². The van der Waals surface area contributed by atoms with Crippen LogP contribution in [-0.2, 0) is 11.3 Å². The van der Waals surface area contributed by atoms with Crippen LogP contribution in [0.3, 0.4) is 0 Å². The van der Waals surface area contributed by atoms with Crippen molar-refractivity contribution in [1.29, 1.82) is 0 Å². The number of primary amides is 1. The molecule has 218 valence electrons. The summed E-state index contributed by atoms with van der Waals surface area (Å²) in [6.07, 6.45) is -4.28. The van der Waals surface area contributed by atoms with E-state index in [0.717, 1.165) is 23.8 Å². The number of nitrogens with two attached hydrogens (primary N) is 2. The highest BCUT2D eigenvalue weighted by Gasteiger charge is 2.37. The number of alkyl halides is 3. The number of quaternary nitrogens is 1. The Morgan fingerprint density at radius 3 is 2.48 bits per heavy atom. The molecule has 1 atom stereocenters. The Hall–Kier alpha value is -4.04. The fourth-order valence-electron chi connectivity index (χ4n) is 4.82. The standard InChI is InChI=1S/C26H33F3N6O5/c1-3-35(4-2,25(31)39)21-11-16(5-8-22(21)36)14-34-10-9-17(15-34)33-23(37)13-32-24(38)19-12-18(6-7-20(19)30)40-26(27,28)29/h5-8,11-12,17H,3-4,9-10,13-15H2,1-2H3,(H6-,30,31,32,33,36,37,38,39)/p+1/t17-/m1/s1. The maximum Gasteiger partial charge on any atom is 0.573 e. The second-order valence-corrected chi connectivity index (χ2v) is 9.53. The lowest BCUT2D eigenvalue weighted by molar-refractivity contribution is -0.274. The molecule has 0 unspecified atom stereocenters. The maximum atomic E-state index is 12.5. The maximum absolute atomic E-state index is 12.5. The molecule has 1 saturated heterocycles. The van der Waals surface area contributed by atoms with Gasteiger partial charge in [0, 0.05) is 37.4 Å². The first kappa shape index (κ1) is 30.5. The molecule has 0 spiro atoms. The Morgan fingerprint density at radius 1 is 1.15 bits per heavy atom. The largest absolute Gasteiger partial charge is 0.573 e. The highest BCUT2D eigenvalue weighted by atomic mass is 19.4. The lowest BCUT2D eigenvalue weighted by Crippen LogP contribution is -2.57. The Kier molecular flexibility index (Phi) is 9.48. The number of halogens is 3. The van der Waals surface area contributed by atoms with Crippen LogP contribution in [0.5, 0.6) is 11.5 Å². The van der Waals surface area contributed by atoms with Crippen molar-refractivity contribution in [3.05, 3.63) is 47.5 Å². The van der Waals surface area contributed by atoms with E-state index in [0.29, 0.717) is 44.8 Å². The second kappa shape index (κ2) is 12.4. The summed E-state index contributed by atoms with van der Waals surface area (Å²) in [7, 11) is 0. The van der Waals surface area contributed by atoms with E-state index in [1.54, 1.807) is 18.2 Å². The number of hydrogen-bond acceptors (Lipinski definition) is 7. The molecule has 4 amide bonds. The summed E-state index contributed by atoms with van der Waals surface area (Å²) in [6.45, 7) is 5.73. The predicted molar refractivity (Wildman–Crippen MR) is 142 cm³/mol. The van der Waals surface area contributed by atoms with E-state index >= 15 is 0 Å². The quantitative estimate of drug-likeness (QED) is 0.218. The fraction of sp³-hybridized carbons (Fsp3) is 0.423. The molecule has 1 fully saturated rings. The number of nitrogens with one attached hydrogen (secondary N) is 2. The zero-order valence-corrected chi connectivity index (χ0v) is 22.3. The molecule has 40 heavy (non-hydrogen) atoms. The number of phenols is 1. The molecule has 0 saturated carbocycles. The Bertz CT molecular complexity index is 1250. The summed E-state index contributed by atoms with van der Waals surface area (Å²) in [5.41, 5.74) is 12.4. The van der Waals surface area contributed by atoms with Crippen LogP contribution in [0.15, 0.2) is 36.4 Å². The minimum atomic E-state index is -4.93. The van der Waals surface area contributed by atoms with Crippen LogP contribution in [0.2, 0.25) is 0 Å². The molecular formula is C26H34F3N6O5+. The van der Waals surface area contributed by atoms with Crippen molar-refractivity contribution in [3.8, 4) is 11.5 Å². The third kappa shape index (κ3) is 7.33. The summed E-state index contributed by atoms with van der Waals surface area (Å²) in [5, 5.41) is 15.6. The average molecular weight is 568 g/mol. The lowest BCUT2D eigenvalue weighted by atomic mass is 10.1. The molecule has 14 heteroatoms. The second-order valence-electron chi connectivity index (χ2n) is 9.53. The lowest BCUT2D eigenvalue weighted by Gasteiger charge is -2.32. The first-order chi connectivity index (χ1) is 18.8. The zero-order chi connectivity index (χ0) is 29.7. The Labute approximate surface area is 229 Å². The van der Waals surface area contributed by atoms with Crippen molar-refractivity contribution in [2.75, 3.05) is 38.5 Å². The van der Waals surface area contributed by atoms with Crippen LogP contribution in [0, 0.1) is 0 Å². The normalized spacial score (nSPS) is 16.0. The predicted octanol–water partition coefficient (Wildman–Crippen LogP) is 2.42. The summed E-state index contributed by atoms with van der Waals surface area (Å²) >= 11 is 0. The van der Waals surface area contributed by atoms with Gasteiger partial charge < -0.3 is 31.9 Å². The van der Waals surface area contributed by atoms with Gasteiger partial charge in [0.25, 0.3) is 5.91 Å². The summed E-state index contributed by atoms with van der Waals surface area (Å²) in [4.78, 5) is 39.2. The van der Waals surface area contributed by atoms with Crippen LogP contribution in [-0.4, -0.2) is 73.0 Å². The number of urea groups is 1.